The monoisotopic (exact) mass is 457 g/mol. The fourth-order valence-electron chi connectivity index (χ4n) is 4.47. The molecule has 3 aromatic carbocycles. The zero-order chi connectivity index (χ0) is 23.8. The van der Waals surface area contributed by atoms with E-state index in [4.69, 9.17) is 15.3 Å². The Hall–Kier alpha value is -4.01. The topological polar surface area (TPSA) is 102 Å². The van der Waals surface area contributed by atoms with E-state index in [2.05, 4.69) is 0 Å². The molecule has 3 amide bonds. The van der Waals surface area contributed by atoms with Gasteiger partial charge < -0.3 is 10.5 Å². The number of nitrogens with zero attached hydrogens (tertiary/aromatic N) is 2. The molecule has 172 valence electrons. The predicted octanol–water partition coefficient (Wildman–Crippen LogP) is 3.12. The van der Waals surface area contributed by atoms with Gasteiger partial charge in [-0.25, -0.2) is 4.90 Å². The van der Waals surface area contributed by atoms with Crippen molar-refractivity contribution in [2.24, 2.45) is 11.7 Å². The zero-order valence-corrected chi connectivity index (χ0v) is 18.5. The molecule has 2 N–H and O–H groups in total. The highest BCUT2D eigenvalue weighted by atomic mass is 16.7. The molecule has 34 heavy (non-hydrogen) atoms. The lowest BCUT2D eigenvalue weighted by molar-refractivity contribution is -0.175. The van der Waals surface area contributed by atoms with E-state index >= 15 is 0 Å². The summed E-state index contributed by atoms with van der Waals surface area (Å²) < 4.78 is 5.99. The van der Waals surface area contributed by atoms with Crippen LogP contribution in [0.2, 0.25) is 0 Å². The van der Waals surface area contributed by atoms with Crippen LogP contribution in [0.25, 0.3) is 0 Å². The number of hydroxylamine groups is 2. The second-order valence-corrected chi connectivity index (χ2v) is 8.37. The smallest absolute Gasteiger partial charge is 0.265 e. The number of rotatable bonds is 6. The van der Waals surface area contributed by atoms with Crippen LogP contribution < -0.4 is 15.4 Å². The maximum atomic E-state index is 13.5. The first-order valence-electron chi connectivity index (χ1n) is 10.9. The van der Waals surface area contributed by atoms with Crippen LogP contribution in [0.15, 0.2) is 78.9 Å². The molecule has 8 heteroatoms. The number of anilines is 1. The number of primary amides is 1. The van der Waals surface area contributed by atoms with Crippen molar-refractivity contribution < 1.29 is 24.0 Å². The van der Waals surface area contributed by atoms with Crippen molar-refractivity contribution in [2.45, 2.75) is 19.1 Å². The SMILES string of the molecule is Cc1ccc(Oc2cccc(C3C4C(=O)N(c5ccccc5)C(=O)C4ON3CC(N)=O)c2)cc1. The summed E-state index contributed by atoms with van der Waals surface area (Å²) >= 11 is 0. The molecule has 0 aromatic heterocycles. The van der Waals surface area contributed by atoms with Gasteiger partial charge in [-0.15, -0.1) is 0 Å². The molecule has 2 aliphatic heterocycles. The number of imide groups is 1. The summed E-state index contributed by atoms with van der Waals surface area (Å²) in [5, 5.41) is 1.33. The van der Waals surface area contributed by atoms with Gasteiger partial charge in [0.1, 0.15) is 18.0 Å². The lowest BCUT2D eigenvalue weighted by Gasteiger charge is -2.26. The van der Waals surface area contributed by atoms with Crippen LogP contribution in [0.1, 0.15) is 17.2 Å². The zero-order valence-electron chi connectivity index (χ0n) is 18.5. The minimum absolute atomic E-state index is 0.257. The van der Waals surface area contributed by atoms with Crippen molar-refractivity contribution in [3.63, 3.8) is 0 Å². The quantitative estimate of drug-likeness (QED) is 0.571. The van der Waals surface area contributed by atoms with Gasteiger partial charge in [0.25, 0.3) is 5.91 Å². The fourth-order valence-corrected chi connectivity index (χ4v) is 4.47. The molecular weight excluding hydrogens is 434 g/mol. The Bertz CT molecular complexity index is 1240. The minimum Gasteiger partial charge on any atom is -0.457 e. The highest BCUT2D eigenvalue weighted by molar-refractivity contribution is 6.23. The third-order valence-electron chi connectivity index (χ3n) is 5.98. The van der Waals surface area contributed by atoms with Crippen LogP contribution in [0, 0.1) is 12.8 Å². The molecule has 3 atom stereocenters. The van der Waals surface area contributed by atoms with Crippen molar-refractivity contribution in [2.75, 3.05) is 11.4 Å². The summed E-state index contributed by atoms with van der Waals surface area (Å²) in [5.74, 6) is -1.09. The first kappa shape index (κ1) is 21.8. The van der Waals surface area contributed by atoms with Crippen LogP contribution >= 0.6 is 0 Å². The molecule has 0 aliphatic carbocycles. The van der Waals surface area contributed by atoms with Crippen molar-refractivity contribution in [3.05, 3.63) is 90.0 Å². The van der Waals surface area contributed by atoms with Crippen molar-refractivity contribution in [1.82, 2.24) is 5.06 Å². The first-order chi connectivity index (χ1) is 16.4. The number of amides is 3. The molecule has 0 bridgehead atoms. The maximum absolute atomic E-state index is 13.5. The first-order valence-corrected chi connectivity index (χ1v) is 10.9. The Morgan fingerprint density at radius 3 is 2.38 bits per heavy atom. The molecule has 3 aromatic rings. The maximum Gasteiger partial charge on any atom is 0.265 e. The summed E-state index contributed by atoms with van der Waals surface area (Å²) in [6.45, 7) is 1.74. The van der Waals surface area contributed by atoms with Gasteiger partial charge >= 0.3 is 0 Å². The number of carbonyl (C=O) groups excluding carboxylic acids is 3. The molecule has 8 nitrogen and oxygen atoms in total. The summed E-state index contributed by atoms with van der Waals surface area (Å²) in [6, 6.07) is 22.9. The predicted molar refractivity (Wildman–Crippen MR) is 124 cm³/mol. The van der Waals surface area contributed by atoms with E-state index in [1.165, 1.54) is 5.06 Å². The molecule has 0 radical (unpaired) electrons. The molecular formula is C26H23N3O5. The van der Waals surface area contributed by atoms with Gasteiger partial charge in [-0.2, -0.15) is 5.06 Å². The van der Waals surface area contributed by atoms with Crippen LogP contribution in [0.3, 0.4) is 0 Å². The molecule has 2 aliphatic rings. The van der Waals surface area contributed by atoms with Crippen molar-refractivity contribution in [1.29, 1.82) is 0 Å². The van der Waals surface area contributed by atoms with Crippen LogP contribution in [-0.2, 0) is 19.2 Å². The fraction of sp³-hybridized carbons (Fsp3) is 0.192. The lowest BCUT2D eigenvalue weighted by Crippen LogP contribution is -2.40. The summed E-state index contributed by atoms with van der Waals surface area (Å²) in [7, 11) is 0. The normalized spacial score (nSPS) is 22.1. The number of para-hydroxylation sites is 1. The Morgan fingerprint density at radius 1 is 0.941 bits per heavy atom. The van der Waals surface area contributed by atoms with Gasteiger partial charge in [-0.3, -0.25) is 19.2 Å². The van der Waals surface area contributed by atoms with Gasteiger partial charge in [0.15, 0.2) is 6.10 Å². The Kier molecular flexibility index (Phi) is 5.61. The third kappa shape index (κ3) is 3.93. The Balaban J connectivity index is 1.49. The van der Waals surface area contributed by atoms with Gasteiger partial charge in [0.2, 0.25) is 11.8 Å². The number of nitrogens with two attached hydrogens (primary N) is 1. The third-order valence-corrected chi connectivity index (χ3v) is 5.98. The molecule has 3 unspecified atom stereocenters. The molecule has 2 saturated heterocycles. The van der Waals surface area contributed by atoms with E-state index in [1.807, 2.05) is 43.3 Å². The number of ether oxygens (including phenoxy) is 1. The standard InChI is InChI=1S/C26H23N3O5/c1-16-10-12-19(13-11-16)33-20-9-5-6-17(14-20)23-22-24(34-28(23)15-21(27)30)26(32)29(25(22)31)18-7-3-2-4-8-18/h2-14,22-24H,15H2,1H3,(H2,27,30). The number of carbonyl (C=O) groups is 3. The van der Waals surface area contributed by atoms with E-state index in [1.54, 1.807) is 42.5 Å². The molecule has 0 spiro atoms. The second kappa shape index (κ2) is 8.74. The van der Waals surface area contributed by atoms with E-state index in [0.29, 0.717) is 22.7 Å². The number of hydrogen-bond donors (Lipinski definition) is 1. The lowest BCUT2D eigenvalue weighted by atomic mass is 9.90. The second-order valence-electron chi connectivity index (χ2n) is 8.37. The van der Waals surface area contributed by atoms with Gasteiger partial charge in [-0.1, -0.05) is 48.0 Å². The number of fused-ring (bicyclic) bond motifs is 1. The summed E-state index contributed by atoms with van der Waals surface area (Å²) in [6.07, 6.45) is -1.04. The van der Waals surface area contributed by atoms with Gasteiger partial charge in [0.05, 0.1) is 17.6 Å². The van der Waals surface area contributed by atoms with Gasteiger partial charge in [0, 0.05) is 0 Å². The average molecular weight is 457 g/mol. The largest absolute Gasteiger partial charge is 0.457 e. The van der Waals surface area contributed by atoms with E-state index in [0.717, 1.165) is 10.5 Å². The average Bonchev–Trinajstić information content (AvgIpc) is 3.30. The Labute approximate surface area is 196 Å². The van der Waals surface area contributed by atoms with E-state index < -0.39 is 29.9 Å². The van der Waals surface area contributed by atoms with Crippen molar-refractivity contribution >= 4 is 23.4 Å². The van der Waals surface area contributed by atoms with Crippen LogP contribution in [-0.4, -0.2) is 35.4 Å². The number of benzene rings is 3. The molecule has 5 rings (SSSR count). The van der Waals surface area contributed by atoms with E-state index in [-0.39, 0.29) is 12.5 Å². The van der Waals surface area contributed by atoms with Crippen LogP contribution in [0.5, 0.6) is 11.5 Å². The Morgan fingerprint density at radius 2 is 1.68 bits per heavy atom. The summed E-state index contributed by atoms with van der Waals surface area (Å²) in [5.41, 5.74) is 7.70. The molecule has 2 heterocycles. The van der Waals surface area contributed by atoms with Gasteiger partial charge in [-0.05, 0) is 48.9 Å². The molecule has 2 fully saturated rings. The van der Waals surface area contributed by atoms with Crippen LogP contribution in [0.4, 0.5) is 5.69 Å². The highest BCUT2D eigenvalue weighted by Gasteiger charge is 2.60. The highest BCUT2D eigenvalue weighted by Crippen LogP contribution is 2.46. The number of aryl methyl sites for hydroxylation is 1. The van der Waals surface area contributed by atoms with Crippen molar-refractivity contribution in [3.8, 4) is 11.5 Å². The van der Waals surface area contributed by atoms with E-state index in [9.17, 15) is 14.4 Å². The summed E-state index contributed by atoms with van der Waals surface area (Å²) in [4.78, 5) is 45.4. The molecule has 0 saturated carbocycles. The number of hydrogen-bond acceptors (Lipinski definition) is 6. The minimum atomic E-state index is -1.04.